The summed E-state index contributed by atoms with van der Waals surface area (Å²) in [5, 5.41) is 23.6. The van der Waals surface area contributed by atoms with E-state index in [4.69, 9.17) is 10.1 Å². The topological polar surface area (TPSA) is 140 Å². The molecule has 13 nitrogen and oxygen atoms in total. The highest BCUT2D eigenvalue weighted by molar-refractivity contribution is 6.00. The van der Waals surface area contributed by atoms with E-state index in [9.17, 15) is 23.5 Å². The minimum absolute atomic E-state index is 0.0876. The molecule has 1 unspecified atom stereocenters. The van der Waals surface area contributed by atoms with Crippen molar-refractivity contribution in [3.63, 3.8) is 0 Å². The lowest BCUT2D eigenvalue weighted by atomic mass is 10.0. The molecule has 2 N–H and O–H groups in total. The third-order valence-electron chi connectivity index (χ3n) is 11.3. The molecule has 4 aromatic heterocycles. The number of halogens is 4. The van der Waals surface area contributed by atoms with Gasteiger partial charge in [-0.15, -0.1) is 0 Å². The number of anilines is 2. The van der Waals surface area contributed by atoms with Crippen LogP contribution in [0.4, 0.5) is 29.2 Å². The Kier molecular flexibility index (Phi) is 9.06. The number of aromatic nitrogens is 6. The van der Waals surface area contributed by atoms with E-state index in [0.29, 0.717) is 71.6 Å². The lowest BCUT2D eigenvalue weighted by Gasteiger charge is -2.26. The average Bonchev–Trinajstić information content (AvgIpc) is 4.05. The van der Waals surface area contributed by atoms with Crippen molar-refractivity contribution in [2.24, 2.45) is 0 Å². The zero-order valence-electron chi connectivity index (χ0n) is 31.0. The van der Waals surface area contributed by atoms with Gasteiger partial charge in [0.25, 0.3) is 11.8 Å². The van der Waals surface area contributed by atoms with Crippen molar-refractivity contribution in [1.29, 1.82) is 0 Å². The number of nitrogens with one attached hydrogen (secondary N) is 1. The third kappa shape index (κ3) is 6.39. The van der Waals surface area contributed by atoms with E-state index in [1.54, 1.807) is 35.8 Å². The number of hydrogen-bond donors (Lipinski definition) is 2. The molecule has 4 atom stereocenters. The molecule has 9 rings (SSSR count). The van der Waals surface area contributed by atoms with Gasteiger partial charge >= 0.3 is 0 Å². The summed E-state index contributed by atoms with van der Waals surface area (Å²) in [4.78, 5) is 42.5. The van der Waals surface area contributed by atoms with Crippen LogP contribution >= 0.6 is 0 Å². The van der Waals surface area contributed by atoms with Crippen LogP contribution in [0.25, 0.3) is 22.1 Å². The molecule has 17 heteroatoms. The van der Waals surface area contributed by atoms with E-state index in [0.717, 1.165) is 30.3 Å². The molecular weight excluding hydrogens is 744 g/mol. The van der Waals surface area contributed by atoms with Crippen molar-refractivity contribution in [3.8, 4) is 0 Å². The van der Waals surface area contributed by atoms with Gasteiger partial charge in [0.2, 0.25) is 0 Å². The first-order chi connectivity index (χ1) is 27.4. The first-order valence-corrected chi connectivity index (χ1v) is 18.8. The number of aliphatic hydroxyl groups excluding tert-OH is 1. The van der Waals surface area contributed by atoms with Crippen molar-refractivity contribution in [3.05, 3.63) is 106 Å². The molecular formula is C40H38F4N10O3. The molecule has 0 aliphatic carbocycles. The molecule has 3 fully saturated rings. The number of aliphatic hydroxyl groups is 1. The Morgan fingerprint density at radius 2 is 1.51 bits per heavy atom. The molecule has 3 aliphatic heterocycles. The van der Waals surface area contributed by atoms with Gasteiger partial charge in [-0.3, -0.25) is 14.7 Å². The molecule has 3 aliphatic rings. The van der Waals surface area contributed by atoms with Crippen LogP contribution in [0.3, 0.4) is 0 Å². The van der Waals surface area contributed by atoms with Crippen molar-refractivity contribution < 1.29 is 32.3 Å². The van der Waals surface area contributed by atoms with Crippen molar-refractivity contribution >= 4 is 45.5 Å². The van der Waals surface area contributed by atoms with Crippen LogP contribution in [0.1, 0.15) is 75.7 Å². The van der Waals surface area contributed by atoms with Crippen molar-refractivity contribution in [1.82, 2.24) is 39.7 Å². The third-order valence-corrected chi connectivity index (χ3v) is 11.3. The Bertz CT molecular complexity index is 2560. The normalized spacial score (nSPS) is 21.1. The number of benzene rings is 2. The molecule has 57 heavy (non-hydrogen) atoms. The van der Waals surface area contributed by atoms with Gasteiger partial charge in [0.05, 0.1) is 46.1 Å². The molecule has 6 aromatic rings. The number of hydrogen-bond acceptors (Lipinski definition) is 9. The number of rotatable bonds is 7. The SMILES string of the molecule is CN(C)C(=O)c1cnc2c(c1)c(N1CCC[C@@H]1c1cc(F)ccc1F)nn2C1C[C@H](c2cc(F)ccc2F)N(c2n[nH]c3ncc(C(=O)N4CC[C@H](O)C4)cc23)C1. The maximum atomic E-state index is 15.7. The van der Waals surface area contributed by atoms with E-state index in [1.807, 2.05) is 9.80 Å². The minimum Gasteiger partial charge on any atom is -0.391 e. The number of amides is 2. The van der Waals surface area contributed by atoms with Crippen molar-refractivity contribution in [2.45, 2.75) is 49.9 Å². The number of H-pyrrole nitrogens is 1. The van der Waals surface area contributed by atoms with Gasteiger partial charge < -0.3 is 24.7 Å². The Labute approximate surface area is 323 Å². The Morgan fingerprint density at radius 3 is 2.21 bits per heavy atom. The second-order valence-corrected chi connectivity index (χ2v) is 15.2. The Balaban J connectivity index is 1.16. The van der Waals surface area contributed by atoms with Crippen LogP contribution in [0.15, 0.2) is 60.9 Å². The number of carbonyl (C=O) groups is 2. The van der Waals surface area contributed by atoms with E-state index >= 15 is 8.78 Å². The highest BCUT2D eigenvalue weighted by atomic mass is 19.1. The summed E-state index contributed by atoms with van der Waals surface area (Å²) in [5.41, 5.74) is 1.65. The monoisotopic (exact) mass is 782 g/mol. The number of nitrogens with zero attached hydrogens (tertiary/aromatic N) is 9. The van der Waals surface area contributed by atoms with Crippen molar-refractivity contribution in [2.75, 3.05) is 50.1 Å². The minimum atomic E-state index is -0.775. The zero-order valence-corrected chi connectivity index (χ0v) is 31.0. The Hall–Kier alpha value is -6.10. The highest BCUT2D eigenvalue weighted by Crippen LogP contribution is 2.46. The highest BCUT2D eigenvalue weighted by Gasteiger charge is 2.41. The van der Waals surface area contributed by atoms with Gasteiger partial charge in [-0.1, -0.05) is 0 Å². The first-order valence-electron chi connectivity index (χ1n) is 18.8. The van der Waals surface area contributed by atoms with E-state index in [-0.39, 0.29) is 48.0 Å². The summed E-state index contributed by atoms with van der Waals surface area (Å²) in [6.07, 6.45) is 4.17. The van der Waals surface area contributed by atoms with E-state index < -0.39 is 47.5 Å². The van der Waals surface area contributed by atoms with Gasteiger partial charge in [0.1, 0.15) is 23.3 Å². The molecule has 0 spiro atoms. The van der Waals surface area contributed by atoms with Gasteiger partial charge in [-0.05, 0) is 74.2 Å². The molecule has 2 amide bonds. The van der Waals surface area contributed by atoms with Crippen LogP contribution in [0, 0.1) is 23.3 Å². The lowest BCUT2D eigenvalue weighted by molar-refractivity contribution is 0.0764. The van der Waals surface area contributed by atoms with Crippen LogP contribution in [0.2, 0.25) is 0 Å². The fourth-order valence-corrected chi connectivity index (χ4v) is 8.59. The predicted molar refractivity (Wildman–Crippen MR) is 202 cm³/mol. The summed E-state index contributed by atoms with van der Waals surface area (Å²) in [5.74, 6) is -2.17. The summed E-state index contributed by atoms with van der Waals surface area (Å²) < 4.78 is 62.0. The summed E-state index contributed by atoms with van der Waals surface area (Å²) in [7, 11) is 3.26. The maximum absolute atomic E-state index is 15.7. The Morgan fingerprint density at radius 1 is 0.807 bits per heavy atom. The summed E-state index contributed by atoms with van der Waals surface area (Å²) >= 11 is 0. The second kappa shape index (κ2) is 14.1. The number of likely N-dealkylation sites (tertiary alicyclic amines) is 1. The largest absolute Gasteiger partial charge is 0.391 e. The zero-order chi connectivity index (χ0) is 39.7. The maximum Gasteiger partial charge on any atom is 0.255 e. The standard InChI is InChI=1S/C40H38F4N10O3/c1-50(2)39(56)21-13-30-36(46-18-21)54(49-38(30)52-10-3-4-33(52)27-14-23(41)5-7-31(27)43)25-16-34(28-15-24(42)6-8-32(28)44)53(19-25)37-29-12-22(17-45-35(29)47-48-37)40(57)51-11-9-26(55)20-51/h5-8,12-15,17-18,25-26,33-34,55H,3-4,9-11,16,19-20H2,1-2H3,(H,45,47,48)/t25?,26-,33+,34+/m0/s1. The summed E-state index contributed by atoms with van der Waals surface area (Å²) in [6.45, 7) is 1.25. The number of carbonyl (C=O) groups excluding carboxylic acids is 2. The van der Waals surface area contributed by atoms with Gasteiger partial charge in [-0.2, -0.15) is 10.2 Å². The number of β-amino-alcohol motifs (C(OH)–C–C–N with tert-alkyl or cyclic N) is 1. The van der Waals surface area contributed by atoms with Gasteiger partial charge in [0.15, 0.2) is 22.9 Å². The van der Waals surface area contributed by atoms with Crippen LogP contribution in [-0.4, -0.2) is 103 Å². The molecule has 2 aromatic carbocycles. The fourth-order valence-electron chi connectivity index (χ4n) is 8.59. The molecule has 7 heterocycles. The van der Waals surface area contributed by atoms with Gasteiger partial charge in [-0.25, -0.2) is 32.2 Å². The molecule has 0 saturated carbocycles. The second-order valence-electron chi connectivity index (χ2n) is 15.2. The first kappa shape index (κ1) is 36.5. The fraction of sp³-hybridized carbons (Fsp3) is 0.350. The molecule has 3 saturated heterocycles. The number of aromatic amines is 1. The molecule has 0 radical (unpaired) electrons. The average molecular weight is 783 g/mol. The quantitative estimate of drug-likeness (QED) is 0.195. The molecule has 294 valence electrons. The number of fused-ring (bicyclic) bond motifs is 2. The van der Waals surface area contributed by atoms with Crippen LogP contribution in [-0.2, 0) is 0 Å². The van der Waals surface area contributed by atoms with Crippen LogP contribution < -0.4 is 9.80 Å². The smallest absolute Gasteiger partial charge is 0.255 e. The van der Waals surface area contributed by atoms with E-state index in [1.165, 1.54) is 23.4 Å². The van der Waals surface area contributed by atoms with E-state index in [2.05, 4.69) is 15.2 Å². The summed E-state index contributed by atoms with van der Waals surface area (Å²) in [6, 6.07) is 8.15. The molecule has 0 bridgehead atoms. The predicted octanol–water partition coefficient (Wildman–Crippen LogP) is 5.70. The lowest BCUT2D eigenvalue weighted by Crippen LogP contribution is -2.29. The number of pyridine rings is 2. The van der Waals surface area contributed by atoms with Gasteiger partial charge in [0, 0.05) is 63.8 Å². The van der Waals surface area contributed by atoms with Crippen LogP contribution in [0.5, 0.6) is 0 Å².